The third-order valence-corrected chi connectivity index (χ3v) is 8.72. The first kappa shape index (κ1) is 32.7. The summed E-state index contributed by atoms with van der Waals surface area (Å²) in [7, 11) is 0. The lowest BCUT2D eigenvalue weighted by atomic mass is 10.1. The lowest BCUT2D eigenvalue weighted by molar-refractivity contribution is -0.145. The monoisotopic (exact) mass is 507 g/mol. The van der Waals surface area contributed by atoms with Crippen LogP contribution in [0, 0.1) is 0 Å². The summed E-state index contributed by atoms with van der Waals surface area (Å²) in [6.45, 7) is 8.94. The Hall–Kier alpha value is -0.330. The highest BCUT2D eigenvalue weighted by atomic mass is 32.7. The van der Waals surface area contributed by atoms with Gasteiger partial charge >= 0.3 is 12.8 Å². The van der Waals surface area contributed by atoms with Crippen molar-refractivity contribution in [2.24, 2.45) is 0 Å². The van der Waals surface area contributed by atoms with E-state index in [0.29, 0.717) is 12.2 Å². The van der Waals surface area contributed by atoms with Gasteiger partial charge in [0, 0.05) is 12.2 Å². The first-order valence-corrected chi connectivity index (χ1v) is 16.2. The maximum Gasteiger partial charge on any atom is 0.387 e. The predicted octanol–water partition coefficient (Wildman–Crippen LogP) is 7.37. The molecule has 6 nitrogen and oxygen atoms in total. The van der Waals surface area contributed by atoms with E-state index in [-0.39, 0.29) is 12.6 Å². The Labute approximate surface area is 207 Å². The molecular weight excluding hydrogens is 457 g/mol. The fourth-order valence-electron chi connectivity index (χ4n) is 3.42. The molecule has 0 spiro atoms. The summed E-state index contributed by atoms with van der Waals surface area (Å²) in [6.07, 6.45) is 17.7. The number of ether oxygens (including phenoxy) is 1. The van der Waals surface area contributed by atoms with Crippen molar-refractivity contribution in [3.05, 3.63) is 12.2 Å². The Morgan fingerprint density at radius 1 is 0.970 bits per heavy atom. The van der Waals surface area contributed by atoms with Gasteiger partial charge in [0.1, 0.15) is 12.7 Å². The Bertz CT molecular complexity index is 537. The van der Waals surface area contributed by atoms with Crippen LogP contribution in [0.2, 0.25) is 0 Å². The maximum absolute atomic E-state index is 11.6. The molecule has 2 unspecified atom stereocenters. The minimum atomic E-state index is -3.49. The third kappa shape index (κ3) is 20.7. The van der Waals surface area contributed by atoms with E-state index in [9.17, 15) is 14.3 Å². The van der Waals surface area contributed by atoms with Gasteiger partial charge < -0.3 is 14.5 Å². The normalized spacial score (nSPS) is 20.2. The van der Waals surface area contributed by atoms with Crippen LogP contribution in [0.1, 0.15) is 105 Å². The van der Waals surface area contributed by atoms with Gasteiger partial charge in [-0.05, 0) is 63.1 Å². The van der Waals surface area contributed by atoms with Crippen molar-refractivity contribution in [2.45, 2.75) is 111 Å². The summed E-state index contributed by atoms with van der Waals surface area (Å²) >= 11 is 0.890. The Morgan fingerprint density at radius 3 is 2.00 bits per heavy atom. The average Bonchev–Trinajstić information content (AvgIpc) is 3.15. The van der Waals surface area contributed by atoms with Crippen molar-refractivity contribution in [1.29, 1.82) is 0 Å². The van der Waals surface area contributed by atoms with Crippen molar-refractivity contribution >= 4 is 24.1 Å². The maximum atomic E-state index is 11.6. The van der Waals surface area contributed by atoms with Crippen molar-refractivity contribution < 1.29 is 23.5 Å². The molecule has 0 aromatic heterocycles. The van der Waals surface area contributed by atoms with Crippen molar-refractivity contribution in [3.63, 3.8) is 0 Å². The van der Waals surface area contributed by atoms with Crippen LogP contribution in [-0.2, 0) is 18.6 Å². The molecule has 0 bridgehead atoms. The second-order valence-electron chi connectivity index (χ2n) is 8.42. The van der Waals surface area contributed by atoms with Crippen LogP contribution in [-0.4, -0.2) is 53.9 Å². The van der Waals surface area contributed by atoms with Gasteiger partial charge in [-0.25, -0.2) is 4.57 Å². The lowest BCUT2D eigenvalue weighted by Crippen LogP contribution is -2.21. The number of rotatable bonds is 18. The molecule has 0 saturated carbocycles. The highest BCUT2D eigenvalue weighted by Crippen LogP contribution is 2.61. The molecule has 1 N–H and O–H groups in total. The zero-order valence-electron chi connectivity index (χ0n) is 21.6. The van der Waals surface area contributed by atoms with Gasteiger partial charge in [0.15, 0.2) is 0 Å². The fraction of sp³-hybridized carbons (Fsp3) is 0.880. The molecule has 8 heteroatoms. The van der Waals surface area contributed by atoms with Gasteiger partial charge in [-0.2, -0.15) is 0 Å². The average molecular weight is 508 g/mol. The van der Waals surface area contributed by atoms with E-state index >= 15 is 0 Å². The molecule has 0 amide bonds. The molecular formula is C25H50NO5PS. The van der Waals surface area contributed by atoms with Gasteiger partial charge in [-0.15, -0.1) is 0 Å². The van der Waals surface area contributed by atoms with Gasteiger partial charge in [-0.3, -0.25) is 9.32 Å². The largest absolute Gasteiger partial charge is 0.463 e. The molecule has 1 fully saturated rings. The number of carbonyl (C=O) groups excluding carboxylic acids is 1. The van der Waals surface area contributed by atoms with Crippen LogP contribution < -0.4 is 0 Å². The van der Waals surface area contributed by atoms with E-state index in [0.717, 1.165) is 37.1 Å². The fourth-order valence-corrected chi connectivity index (χ4v) is 6.22. The number of allylic oxidation sites excluding steroid dienone is 2. The number of hydrogen-bond donors (Lipinski definition) is 1. The molecule has 1 aliphatic heterocycles. The van der Waals surface area contributed by atoms with Crippen LogP contribution >= 0.6 is 18.2 Å². The lowest BCUT2D eigenvalue weighted by Gasteiger charge is -2.13. The molecule has 0 aliphatic carbocycles. The molecule has 1 aliphatic rings. The highest BCUT2D eigenvalue weighted by Gasteiger charge is 2.35. The summed E-state index contributed by atoms with van der Waals surface area (Å²) in [5.74, 6) is 0.151. The molecule has 0 aromatic carbocycles. The number of carbonyl (C=O) groups is 1. The van der Waals surface area contributed by atoms with E-state index in [4.69, 9.17) is 9.26 Å². The van der Waals surface area contributed by atoms with Crippen LogP contribution in [0.5, 0.6) is 0 Å². The minimum absolute atomic E-state index is 0.0706. The van der Waals surface area contributed by atoms with Gasteiger partial charge in [-0.1, -0.05) is 78.4 Å². The van der Waals surface area contributed by atoms with E-state index in [1.54, 1.807) is 0 Å². The first-order valence-electron chi connectivity index (χ1n) is 13.1. The molecule has 1 saturated heterocycles. The van der Waals surface area contributed by atoms with Crippen LogP contribution in [0.4, 0.5) is 0 Å². The van der Waals surface area contributed by atoms with Gasteiger partial charge in [0.25, 0.3) is 0 Å². The van der Waals surface area contributed by atoms with Crippen molar-refractivity contribution in [2.75, 3.05) is 32.0 Å². The van der Waals surface area contributed by atoms with Crippen LogP contribution in [0.3, 0.4) is 0 Å². The van der Waals surface area contributed by atoms with Crippen molar-refractivity contribution in [3.8, 4) is 0 Å². The van der Waals surface area contributed by atoms with Crippen molar-refractivity contribution in [1.82, 2.24) is 4.90 Å². The molecule has 1 heterocycles. The topological polar surface area (TPSA) is 76.1 Å². The second-order valence-corrected chi connectivity index (χ2v) is 12.3. The Kier molecular flexibility index (Phi) is 21.9. The first-order chi connectivity index (χ1) is 15.9. The molecule has 0 radical (unpaired) electrons. The second kappa shape index (κ2) is 22.2. The zero-order chi connectivity index (χ0) is 24.8. The van der Waals surface area contributed by atoms with E-state index in [1.807, 2.05) is 0 Å². The SMILES string of the molecule is CCCCCC/C=C\CCCCCCCC(=O)OCC1CSP(=O)(O)O1.CCN(CC)CC. The van der Waals surface area contributed by atoms with Crippen LogP contribution in [0.15, 0.2) is 12.2 Å². The van der Waals surface area contributed by atoms with Gasteiger partial charge in [0.2, 0.25) is 0 Å². The van der Waals surface area contributed by atoms with E-state index in [2.05, 4.69) is 44.7 Å². The zero-order valence-corrected chi connectivity index (χ0v) is 23.3. The molecule has 1 rings (SSSR count). The summed E-state index contributed by atoms with van der Waals surface area (Å²) < 4.78 is 21.2. The Balaban J connectivity index is 0.00000126. The Morgan fingerprint density at radius 2 is 1.52 bits per heavy atom. The molecule has 196 valence electrons. The number of nitrogens with zero attached hydrogens (tertiary/aromatic N) is 1. The quantitative estimate of drug-likeness (QED) is 0.0898. The summed E-state index contributed by atoms with van der Waals surface area (Å²) in [5.41, 5.74) is 0. The van der Waals surface area contributed by atoms with E-state index < -0.39 is 12.9 Å². The standard InChI is InChI=1S/C19H35O5PS.C6H15N/c1-2-3-4-5-6-7-8-9-10-11-12-13-14-15-19(20)23-16-18-17-26-25(21,22)24-18;1-4-7(5-2)6-3/h7-8,18H,2-6,9-17H2,1H3,(H,21,22);4-6H2,1-3H3/b8-7-;. The predicted molar refractivity (Wildman–Crippen MR) is 142 cm³/mol. The van der Waals surface area contributed by atoms with E-state index in [1.165, 1.54) is 64.6 Å². The van der Waals surface area contributed by atoms with Crippen LogP contribution in [0.25, 0.3) is 0 Å². The summed E-state index contributed by atoms with van der Waals surface area (Å²) in [5, 5.41) is 0. The van der Waals surface area contributed by atoms with Gasteiger partial charge in [0.05, 0.1) is 0 Å². The molecule has 0 aromatic rings. The minimum Gasteiger partial charge on any atom is -0.463 e. The third-order valence-electron chi connectivity index (χ3n) is 5.62. The smallest absolute Gasteiger partial charge is 0.387 e. The number of esters is 1. The summed E-state index contributed by atoms with van der Waals surface area (Å²) in [6, 6.07) is 0. The number of unbranched alkanes of at least 4 members (excludes halogenated alkanes) is 9. The summed E-state index contributed by atoms with van der Waals surface area (Å²) in [4.78, 5) is 23.2. The highest BCUT2D eigenvalue weighted by molar-refractivity contribution is 8.55. The molecule has 33 heavy (non-hydrogen) atoms. The molecule has 2 atom stereocenters. The number of hydrogen-bond acceptors (Lipinski definition) is 6.